The quantitative estimate of drug-likeness (QED) is 0.203. The van der Waals surface area contributed by atoms with Gasteiger partial charge in [-0.15, -0.1) is 0 Å². The molecule has 0 atom stereocenters. The minimum absolute atomic E-state index is 0.0843. The molecule has 0 saturated heterocycles. The highest BCUT2D eigenvalue weighted by Gasteiger charge is 2.16. The second-order valence-corrected chi connectivity index (χ2v) is 7.16. The summed E-state index contributed by atoms with van der Waals surface area (Å²) < 4.78 is 11.2. The first-order valence-electron chi connectivity index (χ1n) is 9.71. The van der Waals surface area contributed by atoms with E-state index in [9.17, 15) is 14.9 Å². The fourth-order valence-electron chi connectivity index (χ4n) is 3.12. The SMILES string of the molecule is COc1ccc(/C=C/C(=O)c2cccc(C)c2)cc1COc1cc(C)ccc1[N+](=O)[O-]. The molecule has 0 radical (unpaired) electrons. The molecule has 0 aromatic heterocycles. The van der Waals surface area contributed by atoms with Gasteiger partial charge in [0.2, 0.25) is 0 Å². The number of benzene rings is 3. The molecule has 0 N–H and O–H groups in total. The molecule has 0 aliphatic heterocycles. The summed E-state index contributed by atoms with van der Waals surface area (Å²) >= 11 is 0. The van der Waals surface area contributed by atoms with Crippen molar-refractivity contribution in [3.63, 3.8) is 0 Å². The van der Waals surface area contributed by atoms with Gasteiger partial charge in [-0.25, -0.2) is 0 Å². The molecule has 6 heteroatoms. The van der Waals surface area contributed by atoms with E-state index in [-0.39, 0.29) is 23.8 Å². The number of aryl methyl sites for hydroxylation is 2. The third-order valence-electron chi connectivity index (χ3n) is 4.73. The molecule has 0 amide bonds. The van der Waals surface area contributed by atoms with Gasteiger partial charge in [0.1, 0.15) is 12.4 Å². The number of carbonyl (C=O) groups is 1. The predicted octanol–water partition coefficient (Wildman–Crippen LogP) is 5.70. The molecule has 6 nitrogen and oxygen atoms in total. The van der Waals surface area contributed by atoms with Crippen LogP contribution in [-0.4, -0.2) is 17.8 Å². The van der Waals surface area contributed by atoms with Gasteiger partial charge in [-0.2, -0.15) is 0 Å². The van der Waals surface area contributed by atoms with Crippen molar-refractivity contribution in [2.45, 2.75) is 20.5 Å². The van der Waals surface area contributed by atoms with Crippen LogP contribution >= 0.6 is 0 Å². The van der Waals surface area contributed by atoms with Crippen molar-refractivity contribution in [3.8, 4) is 11.5 Å². The van der Waals surface area contributed by atoms with Gasteiger partial charge >= 0.3 is 5.69 Å². The number of hydrogen-bond donors (Lipinski definition) is 0. The Balaban J connectivity index is 1.81. The Morgan fingerprint density at radius 3 is 2.48 bits per heavy atom. The summed E-state index contributed by atoms with van der Waals surface area (Å²) in [6, 6.07) is 17.6. The lowest BCUT2D eigenvalue weighted by molar-refractivity contribution is -0.386. The molecule has 0 unspecified atom stereocenters. The zero-order valence-corrected chi connectivity index (χ0v) is 17.6. The van der Waals surface area contributed by atoms with Crippen molar-refractivity contribution in [2.75, 3.05) is 7.11 Å². The first kappa shape index (κ1) is 21.8. The number of ketones is 1. The van der Waals surface area contributed by atoms with Gasteiger partial charge < -0.3 is 9.47 Å². The minimum Gasteiger partial charge on any atom is -0.496 e. The maximum Gasteiger partial charge on any atom is 0.310 e. The number of hydrogen-bond acceptors (Lipinski definition) is 5. The molecule has 0 aliphatic rings. The van der Waals surface area contributed by atoms with E-state index in [4.69, 9.17) is 9.47 Å². The summed E-state index contributed by atoms with van der Waals surface area (Å²) in [6.07, 6.45) is 3.25. The molecule has 0 heterocycles. The third-order valence-corrected chi connectivity index (χ3v) is 4.73. The highest BCUT2D eigenvalue weighted by atomic mass is 16.6. The molecular formula is C25H23NO5. The molecule has 0 aliphatic carbocycles. The number of nitro benzene ring substituents is 1. The second kappa shape index (κ2) is 9.71. The molecule has 0 bridgehead atoms. The Labute approximate surface area is 180 Å². The Morgan fingerprint density at radius 2 is 1.77 bits per heavy atom. The van der Waals surface area contributed by atoms with Gasteiger partial charge in [0.25, 0.3) is 0 Å². The Bertz CT molecular complexity index is 1150. The highest BCUT2D eigenvalue weighted by molar-refractivity contribution is 6.06. The number of carbonyl (C=O) groups excluding carboxylic acids is 1. The van der Waals surface area contributed by atoms with E-state index in [1.165, 1.54) is 12.1 Å². The van der Waals surface area contributed by atoms with E-state index in [1.54, 1.807) is 37.5 Å². The number of nitrogens with zero attached hydrogens (tertiary/aromatic N) is 1. The first-order valence-corrected chi connectivity index (χ1v) is 9.71. The van der Waals surface area contributed by atoms with Gasteiger partial charge in [-0.3, -0.25) is 14.9 Å². The van der Waals surface area contributed by atoms with E-state index >= 15 is 0 Å². The standard InChI is InChI=1S/C25H23NO5/c1-17-5-4-6-20(13-17)23(27)11-8-19-9-12-24(30-3)21(15-19)16-31-25-14-18(2)7-10-22(25)26(28)29/h4-15H,16H2,1-3H3/b11-8+. The second-order valence-electron chi connectivity index (χ2n) is 7.16. The van der Waals surface area contributed by atoms with Gasteiger partial charge in [-0.1, -0.05) is 42.0 Å². The van der Waals surface area contributed by atoms with Crippen LogP contribution in [0, 0.1) is 24.0 Å². The van der Waals surface area contributed by atoms with Crippen molar-refractivity contribution in [3.05, 3.63) is 105 Å². The molecule has 3 aromatic rings. The lowest BCUT2D eigenvalue weighted by Gasteiger charge is -2.12. The summed E-state index contributed by atoms with van der Waals surface area (Å²) in [5.74, 6) is 0.702. The van der Waals surface area contributed by atoms with Crippen molar-refractivity contribution in [1.82, 2.24) is 0 Å². The van der Waals surface area contributed by atoms with Crippen LogP contribution in [-0.2, 0) is 6.61 Å². The number of allylic oxidation sites excluding steroid dienone is 1. The van der Waals surface area contributed by atoms with Crippen molar-refractivity contribution < 1.29 is 19.2 Å². The maximum absolute atomic E-state index is 12.4. The number of methoxy groups -OCH3 is 1. The summed E-state index contributed by atoms with van der Waals surface area (Å²) in [6.45, 7) is 3.86. The molecule has 158 valence electrons. The Hall–Kier alpha value is -3.93. The summed E-state index contributed by atoms with van der Waals surface area (Å²) in [4.78, 5) is 23.2. The van der Waals surface area contributed by atoms with Gasteiger partial charge in [0.05, 0.1) is 12.0 Å². The van der Waals surface area contributed by atoms with Gasteiger partial charge in [0.15, 0.2) is 11.5 Å². The molecule has 0 fully saturated rings. The Morgan fingerprint density at radius 1 is 1.00 bits per heavy atom. The smallest absolute Gasteiger partial charge is 0.310 e. The van der Waals surface area contributed by atoms with Gasteiger partial charge in [-0.05, 0) is 55.3 Å². The normalized spacial score (nSPS) is 10.8. The lowest BCUT2D eigenvalue weighted by Crippen LogP contribution is -2.02. The highest BCUT2D eigenvalue weighted by Crippen LogP contribution is 2.30. The van der Waals surface area contributed by atoms with Crippen LogP contribution in [0.15, 0.2) is 66.7 Å². The van der Waals surface area contributed by atoms with Crippen molar-refractivity contribution in [2.24, 2.45) is 0 Å². The van der Waals surface area contributed by atoms with E-state index in [2.05, 4.69) is 0 Å². The zero-order chi connectivity index (χ0) is 22.4. The maximum atomic E-state index is 12.4. The predicted molar refractivity (Wildman–Crippen MR) is 120 cm³/mol. The van der Waals surface area contributed by atoms with Crippen LogP contribution < -0.4 is 9.47 Å². The van der Waals surface area contributed by atoms with Crippen LogP contribution in [0.3, 0.4) is 0 Å². The molecule has 31 heavy (non-hydrogen) atoms. The monoisotopic (exact) mass is 417 g/mol. The van der Waals surface area contributed by atoms with Crippen molar-refractivity contribution >= 4 is 17.5 Å². The molecule has 3 aromatic carbocycles. The number of ether oxygens (including phenoxy) is 2. The largest absolute Gasteiger partial charge is 0.496 e. The average molecular weight is 417 g/mol. The fraction of sp³-hybridized carbons (Fsp3) is 0.160. The zero-order valence-electron chi connectivity index (χ0n) is 17.6. The van der Waals surface area contributed by atoms with Crippen LogP contribution in [0.1, 0.15) is 32.6 Å². The minimum atomic E-state index is -0.470. The van der Waals surface area contributed by atoms with Crippen LogP contribution in [0.4, 0.5) is 5.69 Å². The van der Waals surface area contributed by atoms with Crippen LogP contribution in [0.5, 0.6) is 11.5 Å². The number of nitro groups is 1. The van der Waals surface area contributed by atoms with Crippen LogP contribution in [0.2, 0.25) is 0 Å². The number of rotatable bonds is 8. The third kappa shape index (κ3) is 5.57. The van der Waals surface area contributed by atoms with Gasteiger partial charge in [0, 0.05) is 17.2 Å². The lowest BCUT2D eigenvalue weighted by atomic mass is 10.1. The Kier molecular flexibility index (Phi) is 6.82. The fourth-order valence-corrected chi connectivity index (χ4v) is 3.12. The summed E-state index contributed by atoms with van der Waals surface area (Å²) in [5, 5.41) is 11.3. The molecule has 0 saturated carbocycles. The first-order chi connectivity index (χ1) is 14.9. The van der Waals surface area contributed by atoms with Crippen molar-refractivity contribution in [1.29, 1.82) is 0 Å². The molecule has 3 rings (SSSR count). The summed E-state index contributed by atoms with van der Waals surface area (Å²) in [5.41, 5.74) is 3.92. The molecule has 0 spiro atoms. The van der Waals surface area contributed by atoms with Crippen LogP contribution in [0.25, 0.3) is 6.08 Å². The van der Waals surface area contributed by atoms with E-state index in [0.717, 1.165) is 16.7 Å². The van der Waals surface area contributed by atoms with E-state index in [1.807, 2.05) is 44.2 Å². The summed E-state index contributed by atoms with van der Waals surface area (Å²) in [7, 11) is 1.55. The topological polar surface area (TPSA) is 78.7 Å². The average Bonchev–Trinajstić information content (AvgIpc) is 2.75. The molecular weight excluding hydrogens is 394 g/mol. The van der Waals surface area contributed by atoms with E-state index in [0.29, 0.717) is 16.9 Å². The van der Waals surface area contributed by atoms with E-state index < -0.39 is 4.92 Å².